The van der Waals surface area contributed by atoms with E-state index in [0.29, 0.717) is 5.56 Å². The zero-order valence-corrected chi connectivity index (χ0v) is 19.6. The third-order valence-electron chi connectivity index (χ3n) is 4.85. The lowest BCUT2D eigenvalue weighted by Crippen LogP contribution is -2.39. The van der Waals surface area contributed by atoms with Crippen molar-refractivity contribution in [3.63, 3.8) is 0 Å². The summed E-state index contributed by atoms with van der Waals surface area (Å²) in [5.41, 5.74) is -2.42. The number of hydrogen-bond donors (Lipinski definition) is 2. The molecule has 34 heavy (non-hydrogen) atoms. The lowest BCUT2D eigenvalue weighted by atomic mass is 10.1. The lowest BCUT2D eigenvalue weighted by molar-refractivity contribution is -0.142. The quantitative estimate of drug-likeness (QED) is 0.233. The van der Waals surface area contributed by atoms with Gasteiger partial charge in [-0.3, -0.25) is 23.7 Å². The number of H-pyrrole nitrogens is 1. The molecule has 0 bridgehead atoms. The summed E-state index contributed by atoms with van der Waals surface area (Å²) in [5, 5.41) is 2.52. The minimum Gasteiger partial charge on any atom is -0.468 e. The molecule has 180 valence electrons. The highest BCUT2D eigenvalue weighted by atomic mass is 31.2. The van der Waals surface area contributed by atoms with Gasteiger partial charge >= 0.3 is 19.4 Å². The summed E-state index contributed by atoms with van der Waals surface area (Å²) in [6, 6.07) is 7.17. The average Bonchev–Trinajstić information content (AvgIpc) is 3.25. The van der Waals surface area contributed by atoms with Gasteiger partial charge in [-0.15, -0.1) is 6.42 Å². The van der Waals surface area contributed by atoms with E-state index in [4.69, 9.17) is 20.2 Å². The standard InChI is InChI=1S/C22H24N3O8P/c1-5-22(12-11-18(32-22)25-13-15(2)19(26)23-21(25)28)14-31-34(29,24-16(3)20(27)30-4)33-17-9-7-6-8-10-17/h1,6-13,16,18H,14H2,2-4H3,(H,24,29)(H,23,26,28)/t16-,18+,22-,34?/m0/s1. The largest absolute Gasteiger partial charge is 0.468 e. The van der Waals surface area contributed by atoms with E-state index in [1.807, 2.05) is 0 Å². The van der Waals surface area contributed by atoms with Crippen LogP contribution in [0.1, 0.15) is 18.7 Å². The number of carbonyl (C=O) groups is 1. The number of esters is 1. The van der Waals surface area contributed by atoms with Crippen molar-refractivity contribution in [2.24, 2.45) is 0 Å². The van der Waals surface area contributed by atoms with E-state index >= 15 is 0 Å². The topological polar surface area (TPSA) is 138 Å². The van der Waals surface area contributed by atoms with Gasteiger partial charge in [-0.25, -0.2) is 9.36 Å². The Balaban J connectivity index is 1.81. The van der Waals surface area contributed by atoms with Gasteiger partial charge in [0.2, 0.25) is 0 Å². The number of aromatic nitrogens is 2. The first-order valence-electron chi connectivity index (χ1n) is 10.1. The molecule has 4 atom stereocenters. The van der Waals surface area contributed by atoms with Crippen LogP contribution in [0, 0.1) is 19.3 Å². The first kappa shape index (κ1) is 25.2. The van der Waals surface area contributed by atoms with Gasteiger partial charge in [0.05, 0.1) is 7.11 Å². The van der Waals surface area contributed by atoms with E-state index in [1.54, 1.807) is 30.3 Å². The van der Waals surface area contributed by atoms with Crippen molar-refractivity contribution in [1.29, 1.82) is 0 Å². The highest BCUT2D eigenvalue weighted by molar-refractivity contribution is 7.52. The number of ether oxygens (including phenoxy) is 2. The van der Waals surface area contributed by atoms with Gasteiger partial charge in [-0.05, 0) is 38.1 Å². The fraction of sp³-hybridized carbons (Fsp3) is 0.318. The number of aryl methyl sites for hydroxylation is 1. The van der Waals surface area contributed by atoms with E-state index in [-0.39, 0.29) is 5.75 Å². The molecule has 0 saturated carbocycles. The van der Waals surface area contributed by atoms with Crippen molar-refractivity contribution >= 4 is 13.7 Å². The number of methoxy groups -OCH3 is 1. The Morgan fingerprint density at radius 1 is 1.38 bits per heavy atom. The number of hydrogen-bond acceptors (Lipinski definition) is 8. The van der Waals surface area contributed by atoms with Gasteiger partial charge in [-0.1, -0.05) is 24.1 Å². The first-order chi connectivity index (χ1) is 16.1. The van der Waals surface area contributed by atoms with Crippen LogP contribution in [0.5, 0.6) is 5.75 Å². The molecule has 1 unspecified atom stereocenters. The Labute approximate surface area is 195 Å². The van der Waals surface area contributed by atoms with Gasteiger partial charge in [0.25, 0.3) is 5.56 Å². The normalized spacial score (nSPS) is 21.9. The average molecular weight is 489 g/mol. The zero-order chi connectivity index (χ0) is 24.9. The van der Waals surface area contributed by atoms with Gasteiger partial charge in [-0.2, -0.15) is 5.09 Å². The lowest BCUT2D eigenvalue weighted by Gasteiger charge is -2.28. The molecule has 12 heteroatoms. The van der Waals surface area contributed by atoms with Crippen LogP contribution in [-0.2, 0) is 23.4 Å². The third kappa shape index (κ3) is 5.73. The van der Waals surface area contributed by atoms with Crippen molar-refractivity contribution in [2.45, 2.75) is 31.7 Å². The molecule has 2 aromatic rings. The minimum atomic E-state index is -4.16. The van der Waals surface area contributed by atoms with Crippen LogP contribution in [0.15, 0.2) is 58.3 Å². The Morgan fingerprint density at radius 2 is 2.09 bits per heavy atom. The van der Waals surface area contributed by atoms with Crippen molar-refractivity contribution in [1.82, 2.24) is 14.6 Å². The SMILES string of the molecule is C#C[C@@]1(COP(=O)(N[C@@H](C)C(=O)OC)Oc2ccccc2)C=C[C@H](n2cc(C)c(=O)[nH]c2=O)O1. The Kier molecular flexibility index (Phi) is 7.59. The molecule has 0 fully saturated rings. The number of aromatic amines is 1. The summed E-state index contributed by atoms with van der Waals surface area (Å²) in [7, 11) is -2.97. The Hall–Kier alpha value is -3.42. The minimum absolute atomic E-state index is 0.223. The summed E-state index contributed by atoms with van der Waals surface area (Å²) < 4.78 is 36.3. The van der Waals surface area contributed by atoms with Gasteiger partial charge < -0.3 is 14.0 Å². The zero-order valence-electron chi connectivity index (χ0n) is 18.7. The molecule has 0 aliphatic carbocycles. The second-order valence-electron chi connectivity index (χ2n) is 7.43. The van der Waals surface area contributed by atoms with Crippen LogP contribution in [0.25, 0.3) is 0 Å². The molecule has 1 aliphatic rings. The molecular formula is C22H24N3O8P. The summed E-state index contributed by atoms with van der Waals surface area (Å²) in [6.07, 6.45) is 9.06. The molecule has 0 saturated heterocycles. The maximum absolute atomic E-state index is 13.5. The highest BCUT2D eigenvalue weighted by Crippen LogP contribution is 2.46. The van der Waals surface area contributed by atoms with Gasteiger partial charge in [0.1, 0.15) is 18.4 Å². The highest BCUT2D eigenvalue weighted by Gasteiger charge is 2.40. The van der Waals surface area contributed by atoms with E-state index in [1.165, 1.54) is 39.3 Å². The number of nitrogens with one attached hydrogen (secondary N) is 2. The predicted molar refractivity (Wildman–Crippen MR) is 122 cm³/mol. The summed E-state index contributed by atoms with van der Waals surface area (Å²) in [4.78, 5) is 37.9. The monoisotopic (exact) mass is 489 g/mol. The number of para-hydroxylation sites is 1. The summed E-state index contributed by atoms with van der Waals surface area (Å²) in [6.45, 7) is 2.52. The van der Waals surface area contributed by atoms with E-state index < -0.39 is 49.4 Å². The van der Waals surface area contributed by atoms with Crippen LogP contribution in [0.3, 0.4) is 0 Å². The number of nitrogens with zero attached hydrogens (tertiary/aromatic N) is 1. The maximum atomic E-state index is 13.5. The van der Waals surface area contributed by atoms with Crippen molar-refractivity contribution in [3.8, 4) is 18.1 Å². The molecule has 1 aromatic carbocycles. The summed E-state index contributed by atoms with van der Waals surface area (Å²) >= 11 is 0. The van der Waals surface area contributed by atoms with Gasteiger partial charge in [0.15, 0.2) is 11.8 Å². The number of carbonyl (C=O) groups excluding carboxylic acids is 1. The van der Waals surface area contributed by atoms with E-state index in [2.05, 4.69) is 20.7 Å². The van der Waals surface area contributed by atoms with Crippen molar-refractivity contribution in [2.75, 3.05) is 13.7 Å². The predicted octanol–water partition coefficient (Wildman–Crippen LogP) is 1.66. The Morgan fingerprint density at radius 3 is 2.74 bits per heavy atom. The molecule has 1 aliphatic heterocycles. The molecule has 1 aromatic heterocycles. The second kappa shape index (κ2) is 10.2. The molecule has 3 rings (SSSR count). The molecular weight excluding hydrogens is 465 g/mol. The fourth-order valence-electron chi connectivity index (χ4n) is 3.02. The second-order valence-corrected chi connectivity index (χ2v) is 9.12. The van der Waals surface area contributed by atoms with Crippen LogP contribution in [0.4, 0.5) is 0 Å². The first-order valence-corrected chi connectivity index (χ1v) is 11.7. The van der Waals surface area contributed by atoms with Crippen LogP contribution < -0.4 is 20.9 Å². The van der Waals surface area contributed by atoms with Crippen LogP contribution in [0.2, 0.25) is 0 Å². The molecule has 0 radical (unpaired) electrons. The van der Waals surface area contributed by atoms with Gasteiger partial charge in [0, 0.05) is 11.8 Å². The number of rotatable bonds is 9. The molecule has 11 nitrogen and oxygen atoms in total. The van der Waals surface area contributed by atoms with E-state index in [9.17, 15) is 18.9 Å². The van der Waals surface area contributed by atoms with Crippen LogP contribution >= 0.6 is 7.75 Å². The fourth-order valence-corrected chi connectivity index (χ4v) is 4.54. The smallest absolute Gasteiger partial charge is 0.459 e. The van der Waals surface area contributed by atoms with Crippen molar-refractivity contribution < 1.29 is 27.9 Å². The van der Waals surface area contributed by atoms with E-state index in [0.717, 1.165) is 4.57 Å². The molecule has 2 N–H and O–H groups in total. The number of terminal acetylenes is 1. The number of benzene rings is 1. The molecule has 2 heterocycles. The molecule has 0 amide bonds. The van der Waals surface area contributed by atoms with Crippen LogP contribution in [-0.4, -0.2) is 40.9 Å². The summed E-state index contributed by atoms with van der Waals surface area (Å²) in [5.74, 6) is 1.97. The third-order valence-corrected chi connectivity index (χ3v) is 6.47. The maximum Gasteiger partial charge on any atom is 0.459 e. The Bertz CT molecular complexity index is 1280. The molecule has 0 spiro atoms. The van der Waals surface area contributed by atoms with Crippen molar-refractivity contribution in [3.05, 3.63) is 75.1 Å².